The molecule has 2 aromatic rings. The van der Waals surface area contributed by atoms with Crippen LogP contribution >= 0.6 is 0 Å². The highest BCUT2D eigenvalue weighted by atomic mass is 32.2. The molecule has 0 aliphatic carbocycles. The zero-order chi connectivity index (χ0) is 17.6. The molecule has 1 unspecified atom stereocenters. The van der Waals surface area contributed by atoms with Gasteiger partial charge >= 0.3 is 0 Å². The van der Waals surface area contributed by atoms with Crippen molar-refractivity contribution in [1.29, 1.82) is 0 Å². The van der Waals surface area contributed by atoms with Gasteiger partial charge in [-0.3, -0.25) is 9.36 Å². The van der Waals surface area contributed by atoms with Gasteiger partial charge in [-0.05, 0) is 37.8 Å². The van der Waals surface area contributed by atoms with Crippen molar-refractivity contribution in [1.82, 2.24) is 18.2 Å². The number of fused-ring (bicyclic) bond motifs is 1. The lowest BCUT2D eigenvalue weighted by atomic mass is 10.2. The van der Waals surface area contributed by atoms with Gasteiger partial charge in [-0.2, -0.15) is 17.0 Å². The third-order valence-corrected chi connectivity index (χ3v) is 7.25. The summed E-state index contributed by atoms with van der Waals surface area (Å²) in [4.78, 5) is 17.3. The lowest BCUT2D eigenvalue weighted by Crippen LogP contribution is -2.43. The second-order valence-electron chi connectivity index (χ2n) is 6.73. The maximum Gasteiger partial charge on any atom is 0.282 e. The van der Waals surface area contributed by atoms with Crippen molar-refractivity contribution in [2.24, 2.45) is 7.05 Å². The molecule has 4 rings (SSSR count). The molecule has 25 heavy (non-hydrogen) atoms. The SMILES string of the molecule is Cn1c(C2CCCN2S(=O)(=O)N2CCCC2)nc2ccccc2c1=O. The highest BCUT2D eigenvalue weighted by molar-refractivity contribution is 7.86. The molecule has 0 bridgehead atoms. The van der Waals surface area contributed by atoms with Crippen LogP contribution in [0.1, 0.15) is 37.5 Å². The Hall–Kier alpha value is -1.77. The van der Waals surface area contributed by atoms with Crippen LogP contribution in [-0.2, 0) is 17.3 Å². The van der Waals surface area contributed by atoms with Crippen molar-refractivity contribution in [2.75, 3.05) is 19.6 Å². The second-order valence-corrected chi connectivity index (χ2v) is 8.62. The van der Waals surface area contributed by atoms with E-state index in [0.29, 0.717) is 42.8 Å². The number of aromatic nitrogens is 2. The largest absolute Gasteiger partial charge is 0.298 e. The fourth-order valence-electron chi connectivity index (χ4n) is 3.87. The van der Waals surface area contributed by atoms with E-state index < -0.39 is 10.2 Å². The van der Waals surface area contributed by atoms with Crippen molar-refractivity contribution in [2.45, 2.75) is 31.7 Å². The third-order valence-electron chi connectivity index (χ3n) is 5.21. The molecule has 1 atom stereocenters. The lowest BCUT2D eigenvalue weighted by Gasteiger charge is -2.29. The van der Waals surface area contributed by atoms with Gasteiger partial charge in [0.25, 0.3) is 15.8 Å². The van der Waals surface area contributed by atoms with Crippen LogP contribution in [0.4, 0.5) is 0 Å². The molecule has 2 saturated heterocycles. The fraction of sp³-hybridized carbons (Fsp3) is 0.529. The fourth-order valence-corrected chi connectivity index (χ4v) is 5.77. The van der Waals surface area contributed by atoms with E-state index in [0.717, 1.165) is 19.3 Å². The quantitative estimate of drug-likeness (QED) is 0.827. The van der Waals surface area contributed by atoms with Crippen LogP contribution in [-0.4, -0.2) is 46.2 Å². The van der Waals surface area contributed by atoms with E-state index >= 15 is 0 Å². The minimum Gasteiger partial charge on any atom is -0.298 e. The number of rotatable bonds is 3. The molecule has 8 heteroatoms. The zero-order valence-electron chi connectivity index (χ0n) is 14.3. The molecule has 0 amide bonds. The summed E-state index contributed by atoms with van der Waals surface area (Å²) in [5, 5.41) is 0.556. The van der Waals surface area contributed by atoms with Crippen molar-refractivity contribution >= 4 is 21.1 Å². The molecule has 0 N–H and O–H groups in total. The van der Waals surface area contributed by atoms with E-state index in [-0.39, 0.29) is 11.6 Å². The van der Waals surface area contributed by atoms with E-state index in [1.165, 1.54) is 8.87 Å². The molecule has 2 aliphatic heterocycles. The molecule has 0 radical (unpaired) electrons. The van der Waals surface area contributed by atoms with Crippen LogP contribution in [0.3, 0.4) is 0 Å². The molecule has 134 valence electrons. The van der Waals surface area contributed by atoms with Crippen molar-refractivity contribution in [3.8, 4) is 0 Å². The highest BCUT2D eigenvalue weighted by Crippen LogP contribution is 2.35. The van der Waals surface area contributed by atoms with Crippen LogP contribution in [0.5, 0.6) is 0 Å². The molecule has 1 aromatic carbocycles. The van der Waals surface area contributed by atoms with Crippen LogP contribution < -0.4 is 5.56 Å². The summed E-state index contributed by atoms with van der Waals surface area (Å²) in [6.45, 7) is 1.64. The second kappa shape index (κ2) is 6.19. The highest BCUT2D eigenvalue weighted by Gasteiger charge is 2.41. The normalized spacial score (nSPS) is 22.8. The Bertz CT molecular complexity index is 964. The molecule has 1 aromatic heterocycles. The van der Waals surface area contributed by atoms with E-state index in [2.05, 4.69) is 4.98 Å². The van der Waals surface area contributed by atoms with Crippen LogP contribution in [0, 0.1) is 0 Å². The Morgan fingerprint density at radius 3 is 2.56 bits per heavy atom. The van der Waals surface area contributed by atoms with Gasteiger partial charge in [-0.15, -0.1) is 0 Å². The zero-order valence-corrected chi connectivity index (χ0v) is 15.1. The molecule has 2 aliphatic rings. The van der Waals surface area contributed by atoms with E-state index in [1.54, 1.807) is 23.5 Å². The standard InChI is InChI=1S/C17H22N4O3S/c1-19-16(18-14-8-3-2-7-13(14)17(19)22)15-9-6-12-21(15)25(23,24)20-10-4-5-11-20/h2-3,7-8,15H,4-6,9-12H2,1H3. The van der Waals surface area contributed by atoms with Gasteiger partial charge in [0.1, 0.15) is 5.82 Å². The first-order chi connectivity index (χ1) is 12.0. The Balaban J connectivity index is 1.79. The first-order valence-corrected chi connectivity index (χ1v) is 10.1. The van der Waals surface area contributed by atoms with Crippen molar-refractivity contribution in [3.63, 3.8) is 0 Å². The molecule has 0 spiro atoms. The maximum atomic E-state index is 13.0. The molecule has 3 heterocycles. The van der Waals surface area contributed by atoms with Gasteiger partial charge in [0.15, 0.2) is 0 Å². The van der Waals surface area contributed by atoms with Crippen LogP contribution in [0.2, 0.25) is 0 Å². The van der Waals surface area contributed by atoms with Crippen LogP contribution in [0.25, 0.3) is 10.9 Å². The molecule has 7 nitrogen and oxygen atoms in total. The average Bonchev–Trinajstić information content (AvgIpc) is 3.30. The van der Waals surface area contributed by atoms with Gasteiger partial charge in [0.2, 0.25) is 0 Å². The summed E-state index contributed by atoms with van der Waals surface area (Å²) >= 11 is 0. The topological polar surface area (TPSA) is 75.5 Å². The van der Waals surface area contributed by atoms with Gasteiger partial charge in [0, 0.05) is 26.7 Å². The Morgan fingerprint density at radius 1 is 1.08 bits per heavy atom. The average molecular weight is 362 g/mol. The summed E-state index contributed by atoms with van der Waals surface area (Å²) in [5.74, 6) is 0.531. The number of hydrogen-bond donors (Lipinski definition) is 0. The van der Waals surface area contributed by atoms with E-state index in [1.807, 2.05) is 12.1 Å². The maximum absolute atomic E-state index is 13.0. The van der Waals surface area contributed by atoms with Gasteiger partial charge < -0.3 is 0 Å². The lowest BCUT2D eigenvalue weighted by molar-refractivity contribution is 0.335. The molecular weight excluding hydrogens is 340 g/mol. The molecule has 0 saturated carbocycles. The first kappa shape index (κ1) is 16.7. The smallest absolute Gasteiger partial charge is 0.282 e. The summed E-state index contributed by atoms with van der Waals surface area (Å²) < 4.78 is 30.6. The summed E-state index contributed by atoms with van der Waals surface area (Å²) in [6.07, 6.45) is 3.28. The third kappa shape index (κ3) is 2.68. The summed E-state index contributed by atoms with van der Waals surface area (Å²) in [5.41, 5.74) is 0.483. The molecule has 2 fully saturated rings. The Kier molecular flexibility index (Phi) is 4.13. The number of para-hydroxylation sites is 1. The van der Waals surface area contributed by atoms with E-state index in [9.17, 15) is 13.2 Å². The number of benzene rings is 1. The number of nitrogens with zero attached hydrogens (tertiary/aromatic N) is 4. The predicted molar refractivity (Wildman–Crippen MR) is 95.4 cm³/mol. The Morgan fingerprint density at radius 2 is 1.80 bits per heavy atom. The van der Waals surface area contributed by atoms with Gasteiger partial charge in [-0.25, -0.2) is 4.98 Å². The first-order valence-electron chi connectivity index (χ1n) is 8.73. The van der Waals surface area contributed by atoms with E-state index in [4.69, 9.17) is 0 Å². The molecular formula is C17H22N4O3S. The van der Waals surface area contributed by atoms with Crippen molar-refractivity contribution in [3.05, 3.63) is 40.4 Å². The summed E-state index contributed by atoms with van der Waals surface area (Å²) in [6, 6.07) is 6.82. The monoisotopic (exact) mass is 362 g/mol. The Labute approximate surface area is 147 Å². The number of hydrogen-bond acceptors (Lipinski definition) is 4. The van der Waals surface area contributed by atoms with Gasteiger partial charge in [-0.1, -0.05) is 12.1 Å². The minimum absolute atomic E-state index is 0.133. The summed E-state index contributed by atoms with van der Waals surface area (Å²) in [7, 11) is -1.83. The minimum atomic E-state index is -3.51. The van der Waals surface area contributed by atoms with Gasteiger partial charge in [0.05, 0.1) is 16.9 Å². The van der Waals surface area contributed by atoms with Crippen molar-refractivity contribution < 1.29 is 8.42 Å². The van der Waals surface area contributed by atoms with Crippen LogP contribution in [0.15, 0.2) is 29.1 Å². The predicted octanol–water partition coefficient (Wildman–Crippen LogP) is 1.41.